The zero-order valence-corrected chi connectivity index (χ0v) is 12.4. The Balaban J connectivity index is 1.71. The van der Waals surface area contributed by atoms with Gasteiger partial charge in [0.15, 0.2) is 0 Å². The van der Waals surface area contributed by atoms with Crippen LogP contribution >= 0.6 is 0 Å². The van der Waals surface area contributed by atoms with Crippen LogP contribution in [-0.2, 0) is 0 Å². The summed E-state index contributed by atoms with van der Waals surface area (Å²) in [5.74, 6) is 1.17. The van der Waals surface area contributed by atoms with Gasteiger partial charge < -0.3 is 5.11 Å². The fourth-order valence-electron chi connectivity index (χ4n) is 5.71. The lowest BCUT2D eigenvalue weighted by atomic mass is 9.47. The third-order valence-electron chi connectivity index (χ3n) is 6.24. The van der Waals surface area contributed by atoms with Gasteiger partial charge in [-0.15, -0.1) is 0 Å². The molecule has 4 bridgehead atoms. The highest BCUT2D eigenvalue weighted by molar-refractivity contribution is 5.29. The van der Waals surface area contributed by atoms with Gasteiger partial charge in [0, 0.05) is 11.0 Å². The largest absolute Gasteiger partial charge is 0.388 e. The van der Waals surface area contributed by atoms with Crippen LogP contribution < -0.4 is 0 Å². The number of hydrogen-bond donors (Lipinski definition) is 1. The van der Waals surface area contributed by atoms with Crippen LogP contribution in [0.4, 0.5) is 8.78 Å². The molecule has 0 spiro atoms. The number of rotatable bonds is 2. The summed E-state index contributed by atoms with van der Waals surface area (Å²) in [6.07, 6.45) is 5.91. The zero-order valence-electron chi connectivity index (χ0n) is 12.4. The van der Waals surface area contributed by atoms with E-state index in [4.69, 9.17) is 0 Å². The zero-order chi connectivity index (χ0) is 14.8. The maximum Gasteiger partial charge on any atom is 0.129 e. The third kappa shape index (κ3) is 2.04. The fourth-order valence-corrected chi connectivity index (χ4v) is 5.71. The molecule has 4 saturated carbocycles. The monoisotopic (exact) mass is 292 g/mol. The van der Waals surface area contributed by atoms with E-state index in [2.05, 4.69) is 0 Å². The molecule has 0 aliphatic heterocycles. The lowest BCUT2D eigenvalue weighted by Crippen LogP contribution is -2.49. The van der Waals surface area contributed by atoms with Gasteiger partial charge in [-0.1, -0.05) is 0 Å². The van der Waals surface area contributed by atoms with Crippen molar-refractivity contribution in [3.8, 4) is 0 Å². The fraction of sp³-hybridized carbons (Fsp3) is 0.667. The van der Waals surface area contributed by atoms with Crippen LogP contribution in [-0.4, -0.2) is 5.11 Å². The second kappa shape index (κ2) is 4.52. The van der Waals surface area contributed by atoms with E-state index in [1.807, 2.05) is 0 Å². The lowest BCUT2D eigenvalue weighted by Gasteiger charge is -2.58. The maximum absolute atomic E-state index is 14.2. The number of benzene rings is 1. The molecule has 1 atom stereocenters. The van der Waals surface area contributed by atoms with Crippen molar-refractivity contribution in [2.75, 3.05) is 0 Å². The Morgan fingerprint density at radius 2 is 1.52 bits per heavy atom. The second-order valence-corrected chi connectivity index (χ2v) is 7.81. The van der Waals surface area contributed by atoms with Crippen LogP contribution in [0.2, 0.25) is 0 Å². The number of halogens is 2. The minimum atomic E-state index is -0.860. The molecular weight excluding hydrogens is 270 g/mol. The Bertz CT molecular complexity index is 546. The summed E-state index contributed by atoms with van der Waals surface area (Å²) in [5, 5.41) is 10.9. The van der Waals surface area contributed by atoms with Crippen LogP contribution in [0.25, 0.3) is 0 Å². The SMILES string of the molecule is Cc1cc(F)c(C(O)C23CC4CC(CC(C4)C2)C3)cc1F. The molecule has 0 amide bonds. The van der Waals surface area contributed by atoms with E-state index in [-0.39, 0.29) is 11.0 Å². The molecule has 3 heteroatoms. The summed E-state index contributed by atoms with van der Waals surface area (Å²) in [6.45, 7) is 1.55. The smallest absolute Gasteiger partial charge is 0.129 e. The molecule has 0 saturated heterocycles. The lowest BCUT2D eigenvalue weighted by molar-refractivity contribution is -0.123. The van der Waals surface area contributed by atoms with Gasteiger partial charge in [0.2, 0.25) is 0 Å². The van der Waals surface area contributed by atoms with Crippen molar-refractivity contribution in [1.29, 1.82) is 0 Å². The van der Waals surface area contributed by atoms with Crippen molar-refractivity contribution in [3.63, 3.8) is 0 Å². The first kappa shape index (κ1) is 13.7. The summed E-state index contributed by atoms with van der Waals surface area (Å²) in [7, 11) is 0. The minimum absolute atomic E-state index is 0.167. The molecule has 1 aromatic carbocycles. The molecule has 4 aliphatic rings. The molecule has 0 heterocycles. The predicted molar refractivity (Wildman–Crippen MR) is 76.7 cm³/mol. The number of aryl methyl sites for hydroxylation is 1. The van der Waals surface area contributed by atoms with E-state index >= 15 is 0 Å². The van der Waals surface area contributed by atoms with Crippen molar-refractivity contribution < 1.29 is 13.9 Å². The van der Waals surface area contributed by atoms with Crippen LogP contribution in [0, 0.1) is 41.7 Å². The van der Waals surface area contributed by atoms with E-state index < -0.39 is 17.7 Å². The van der Waals surface area contributed by atoms with Crippen LogP contribution in [0.3, 0.4) is 0 Å². The normalized spacial score (nSPS) is 38.8. The number of aliphatic hydroxyl groups is 1. The molecule has 1 nitrogen and oxygen atoms in total. The number of hydrogen-bond acceptors (Lipinski definition) is 1. The van der Waals surface area contributed by atoms with Gasteiger partial charge in [0.1, 0.15) is 11.6 Å². The van der Waals surface area contributed by atoms with Gasteiger partial charge in [0.25, 0.3) is 0 Å². The van der Waals surface area contributed by atoms with E-state index in [0.717, 1.165) is 19.3 Å². The summed E-state index contributed by atoms with van der Waals surface area (Å²) in [6, 6.07) is 2.43. The van der Waals surface area contributed by atoms with Crippen molar-refractivity contribution in [2.24, 2.45) is 23.2 Å². The molecule has 1 aromatic rings. The molecule has 4 fully saturated rings. The van der Waals surface area contributed by atoms with Crippen molar-refractivity contribution in [3.05, 3.63) is 34.9 Å². The predicted octanol–water partition coefficient (Wildman–Crippen LogP) is 4.52. The van der Waals surface area contributed by atoms with Gasteiger partial charge in [-0.25, -0.2) is 8.78 Å². The molecule has 1 N–H and O–H groups in total. The summed E-state index contributed by atoms with van der Waals surface area (Å²) >= 11 is 0. The Kier molecular flexibility index (Phi) is 2.94. The van der Waals surface area contributed by atoms with Crippen molar-refractivity contribution >= 4 is 0 Å². The maximum atomic E-state index is 14.2. The third-order valence-corrected chi connectivity index (χ3v) is 6.24. The van der Waals surface area contributed by atoms with Crippen molar-refractivity contribution in [1.82, 2.24) is 0 Å². The second-order valence-electron chi connectivity index (χ2n) is 7.81. The molecule has 4 aliphatic carbocycles. The Labute approximate surface area is 124 Å². The highest BCUT2D eigenvalue weighted by Crippen LogP contribution is 2.64. The highest BCUT2D eigenvalue weighted by atomic mass is 19.1. The average molecular weight is 292 g/mol. The molecule has 5 rings (SSSR count). The topological polar surface area (TPSA) is 20.2 Å². The molecule has 0 aromatic heterocycles. The molecular formula is C18H22F2O. The van der Waals surface area contributed by atoms with E-state index in [1.54, 1.807) is 6.92 Å². The Hall–Kier alpha value is -0.960. The highest BCUT2D eigenvalue weighted by Gasteiger charge is 2.54. The first-order valence-electron chi connectivity index (χ1n) is 8.10. The minimum Gasteiger partial charge on any atom is -0.388 e. The van der Waals surface area contributed by atoms with Gasteiger partial charge in [-0.3, -0.25) is 0 Å². The number of aliphatic hydroxyl groups excluding tert-OH is 1. The summed E-state index contributed by atoms with van der Waals surface area (Å²) in [4.78, 5) is 0. The molecule has 0 radical (unpaired) electrons. The Morgan fingerprint density at radius 3 is 2.05 bits per heavy atom. The van der Waals surface area contributed by atoms with Gasteiger partial charge in [-0.2, -0.15) is 0 Å². The summed E-state index contributed by atoms with van der Waals surface area (Å²) < 4.78 is 28.1. The van der Waals surface area contributed by atoms with Crippen LogP contribution in [0.15, 0.2) is 12.1 Å². The molecule has 1 unspecified atom stereocenters. The standard InChI is InChI=1S/C18H22F2O/c1-10-2-16(20)14(6-15(10)19)17(21)18-7-11-3-12(8-18)5-13(4-11)9-18/h2,6,11-13,17,21H,3-5,7-9H2,1H3. The molecule has 21 heavy (non-hydrogen) atoms. The van der Waals surface area contributed by atoms with E-state index in [9.17, 15) is 13.9 Å². The average Bonchev–Trinajstić information content (AvgIpc) is 2.40. The van der Waals surface area contributed by atoms with Gasteiger partial charge in [-0.05, 0) is 80.9 Å². The quantitative estimate of drug-likeness (QED) is 0.849. The van der Waals surface area contributed by atoms with Crippen molar-refractivity contribution in [2.45, 2.75) is 51.6 Å². The van der Waals surface area contributed by atoms with Gasteiger partial charge >= 0.3 is 0 Å². The van der Waals surface area contributed by atoms with E-state index in [1.165, 1.54) is 31.4 Å². The first-order valence-corrected chi connectivity index (χ1v) is 8.10. The van der Waals surface area contributed by atoms with Crippen LogP contribution in [0.1, 0.15) is 55.8 Å². The van der Waals surface area contributed by atoms with Crippen LogP contribution in [0.5, 0.6) is 0 Å². The summed E-state index contributed by atoms with van der Waals surface area (Å²) in [5.41, 5.74) is 0.256. The van der Waals surface area contributed by atoms with Gasteiger partial charge in [0.05, 0.1) is 6.10 Å². The molecule has 114 valence electrons. The first-order chi connectivity index (χ1) is 9.97. The Morgan fingerprint density at radius 1 is 1.00 bits per heavy atom. The van der Waals surface area contributed by atoms with E-state index in [0.29, 0.717) is 23.3 Å².